The normalized spacial score (nSPS) is 14.8. The molecule has 3 N–H and O–H groups in total. The maximum atomic E-state index is 11.8. The van der Waals surface area contributed by atoms with Gasteiger partial charge in [-0.25, -0.2) is 14.8 Å². The molecule has 0 bridgehead atoms. The summed E-state index contributed by atoms with van der Waals surface area (Å²) in [5.41, 5.74) is 2.85. The van der Waals surface area contributed by atoms with Gasteiger partial charge in [-0.1, -0.05) is 0 Å². The van der Waals surface area contributed by atoms with Crippen molar-refractivity contribution in [3.05, 3.63) is 44.1 Å². The van der Waals surface area contributed by atoms with Gasteiger partial charge in [0.25, 0.3) is 5.56 Å². The van der Waals surface area contributed by atoms with Crippen molar-refractivity contribution in [1.82, 2.24) is 25.3 Å². The second-order valence-corrected chi connectivity index (χ2v) is 5.75. The van der Waals surface area contributed by atoms with Crippen LogP contribution in [0.25, 0.3) is 22.2 Å². The summed E-state index contributed by atoms with van der Waals surface area (Å²) >= 11 is 0. The van der Waals surface area contributed by atoms with E-state index in [-0.39, 0.29) is 11.2 Å². The Morgan fingerprint density at radius 1 is 1.18 bits per heavy atom. The topological polar surface area (TPSA) is 104 Å². The number of nitrogens with one attached hydrogen (secondary N) is 3. The van der Waals surface area contributed by atoms with E-state index < -0.39 is 11.2 Å². The molecule has 1 aliphatic carbocycles. The summed E-state index contributed by atoms with van der Waals surface area (Å²) in [7, 11) is 0. The molecule has 22 heavy (non-hydrogen) atoms. The van der Waals surface area contributed by atoms with E-state index in [4.69, 9.17) is 0 Å². The highest BCUT2D eigenvalue weighted by molar-refractivity contribution is 5.84. The van der Waals surface area contributed by atoms with E-state index in [0.717, 1.165) is 17.7 Å². The van der Waals surface area contributed by atoms with Gasteiger partial charge in [-0.2, -0.15) is 0 Å². The Labute approximate surface area is 124 Å². The van der Waals surface area contributed by atoms with Crippen molar-refractivity contribution < 1.29 is 0 Å². The summed E-state index contributed by atoms with van der Waals surface area (Å²) in [6, 6.07) is 4.52. The average molecular weight is 297 g/mol. The predicted octanol–water partition coefficient (Wildman–Crippen LogP) is 0.720. The lowest BCUT2D eigenvalue weighted by atomic mass is 10.1. The lowest BCUT2D eigenvalue weighted by Gasteiger charge is -2.09. The second kappa shape index (κ2) is 4.74. The third-order valence-corrected chi connectivity index (χ3v) is 3.95. The predicted molar refractivity (Wildman–Crippen MR) is 82.9 cm³/mol. The minimum atomic E-state index is -0.575. The van der Waals surface area contributed by atoms with Crippen LogP contribution in [-0.2, 0) is 6.54 Å². The zero-order valence-electron chi connectivity index (χ0n) is 12.1. The van der Waals surface area contributed by atoms with Crippen LogP contribution in [0, 0.1) is 6.92 Å². The molecule has 4 rings (SSSR count). The molecule has 7 nitrogen and oxygen atoms in total. The molecule has 1 aliphatic rings. The van der Waals surface area contributed by atoms with Crippen LogP contribution in [-0.4, -0.2) is 26.0 Å². The molecule has 0 amide bonds. The van der Waals surface area contributed by atoms with Crippen LogP contribution >= 0.6 is 0 Å². The van der Waals surface area contributed by atoms with Crippen molar-refractivity contribution in [3.63, 3.8) is 0 Å². The number of fused-ring (bicyclic) bond motifs is 2. The highest BCUT2D eigenvalue weighted by atomic mass is 16.2. The molecule has 2 aromatic heterocycles. The third-order valence-electron chi connectivity index (χ3n) is 3.95. The van der Waals surface area contributed by atoms with Crippen LogP contribution in [0.3, 0.4) is 0 Å². The van der Waals surface area contributed by atoms with Gasteiger partial charge >= 0.3 is 5.69 Å². The first-order valence-corrected chi connectivity index (χ1v) is 7.27. The van der Waals surface area contributed by atoms with Crippen LogP contribution in [0.5, 0.6) is 0 Å². The van der Waals surface area contributed by atoms with E-state index in [1.165, 1.54) is 12.8 Å². The number of rotatable bonds is 3. The van der Waals surface area contributed by atoms with Crippen LogP contribution in [0.15, 0.2) is 21.7 Å². The molecule has 0 aliphatic heterocycles. The molecule has 2 heterocycles. The molecule has 7 heteroatoms. The molecule has 1 fully saturated rings. The van der Waals surface area contributed by atoms with Crippen molar-refractivity contribution in [3.8, 4) is 0 Å². The molecular weight excluding hydrogens is 282 g/mol. The monoisotopic (exact) mass is 297 g/mol. The van der Waals surface area contributed by atoms with Crippen LogP contribution < -0.4 is 16.6 Å². The summed E-state index contributed by atoms with van der Waals surface area (Å²) in [4.78, 5) is 36.5. The number of H-pyrrole nitrogens is 2. The molecular formula is C15H15N5O2. The Balaban J connectivity index is 1.88. The van der Waals surface area contributed by atoms with E-state index in [9.17, 15) is 9.59 Å². The molecule has 112 valence electrons. The first kappa shape index (κ1) is 13.1. The van der Waals surface area contributed by atoms with Crippen molar-refractivity contribution >= 4 is 22.2 Å². The largest absolute Gasteiger partial charge is 0.327 e. The Morgan fingerprint density at radius 2 is 1.95 bits per heavy atom. The van der Waals surface area contributed by atoms with E-state index in [0.29, 0.717) is 17.1 Å². The lowest BCUT2D eigenvalue weighted by molar-refractivity contribution is 0.685. The number of hydrogen-bond acceptors (Lipinski definition) is 5. The number of hydrogen-bond donors (Lipinski definition) is 3. The van der Waals surface area contributed by atoms with Crippen molar-refractivity contribution in [1.29, 1.82) is 0 Å². The van der Waals surface area contributed by atoms with Gasteiger partial charge in [0.1, 0.15) is 0 Å². The van der Waals surface area contributed by atoms with Crippen molar-refractivity contribution in [2.45, 2.75) is 32.4 Å². The first-order chi connectivity index (χ1) is 10.6. The number of nitrogens with zero attached hydrogens (tertiary/aromatic N) is 2. The fraction of sp³-hybridized carbons (Fsp3) is 0.333. The Kier molecular flexibility index (Phi) is 2.83. The molecule has 1 saturated carbocycles. The lowest BCUT2D eigenvalue weighted by Crippen LogP contribution is -2.23. The van der Waals surface area contributed by atoms with Crippen LogP contribution in [0.2, 0.25) is 0 Å². The fourth-order valence-electron chi connectivity index (χ4n) is 2.53. The highest BCUT2D eigenvalue weighted by Gasteiger charge is 2.20. The molecule has 3 aromatic rings. The van der Waals surface area contributed by atoms with Crippen molar-refractivity contribution in [2.24, 2.45) is 0 Å². The molecule has 0 saturated heterocycles. The Morgan fingerprint density at radius 3 is 2.73 bits per heavy atom. The minimum absolute atomic E-state index is 0.148. The minimum Gasteiger partial charge on any atom is -0.310 e. The van der Waals surface area contributed by atoms with E-state index >= 15 is 0 Å². The smallest absolute Gasteiger partial charge is 0.310 e. The first-order valence-electron chi connectivity index (χ1n) is 7.27. The third kappa shape index (κ3) is 2.29. The van der Waals surface area contributed by atoms with Crippen LogP contribution in [0.4, 0.5) is 0 Å². The quantitative estimate of drug-likeness (QED) is 0.618. The molecule has 0 radical (unpaired) electrons. The summed E-state index contributed by atoms with van der Waals surface area (Å²) in [6.07, 6.45) is 2.47. The summed E-state index contributed by atoms with van der Waals surface area (Å²) in [5, 5.41) is 3.47. The van der Waals surface area contributed by atoms with Gasteiger partial charge in [0, 0.05) is 12.6 Å². The SMILES string of the molecule is Cc1cc2nc3c(=O)[nH]c(=O)[nH]c3nc2cc1CNC1CC1. The molecule has 0 atom stereocenters. The van der Waals surface area contributed by atoms with Crippen molar-refractivity contribution in [2.75, 3.05) is 0 Å². The van der Waals surface area contributed by atoms with E-state index in [1.54, 1.807) is 0 Å². The number of aromatic amines is 2. The number of aryl methyl sites for hydroxylation is 1. The Bertz CT molecular complexity index is 1000. The van der Waals surface area contributed by atoms with Crippen LogP contribution in [0.1, 0.15) is 24.0 Å². The van der Waals surface area contributed by atoms with Gasteiger partial charge < -0.3 is 5.32 Å². The average Bonchev–Trinajstić information content (AvgIpc) is 3.28. The second-order valence-electron chi connectivity index (χ2n) is 5.75. The number of benzene rings is 1. The maximum absolute atomic E-state index is 11.8. The Hall–Kier alpha value is -2.54. The standard InChI is InChI=1S/C15H15N5O2/c1-7-4-10-11(5-8(7)6-16-9-2-3-9)18-13-12(17-10)14(21)20-15(22)19-13/h4-5,9,16H,2-3,6H2,1H3,(H2,18,19,20,21,22). The zero-order valence-corrected chi connectivity index (χ0v) is 12.1. The maximum Gasteiger partial charge on any atom is 0.327 e. The summed E-state index contributed by atoms with van der Waals surface area (Å²) in [6.45, 7) is 2.81. The van der Waals surface area contributed by atoms with Gasteiger partial charge in [0.15, 0.2) is 11.2 Å². The highest BCUT2D eigenvalue weighted by Crippen LogP contribution is 2.22. The fourth-order valence-corrected chi connectivity index (χ4v) is 2.53. The number of aromatic nitrogens is 4. The van der Waals surface area contributed by atoms with Gasteiger partial charge in [-0.05, 0) is 43.0 Å². The summed E-state index contributed by atoms with van der Waals surface area (Å²) in [5.74, 6) is 0. The van der Waals surface area contributed by atoms with E-state index in [1.807, 2.05) is 19.1 Å². The summed E-state index contributed by atoms with van der Waals surface area (Å²) < 4.78 is 0. The zero-order chi connectivity index (χ0) is 15.3. The van der Waals surface area contributed by atoms with Gasteiger partial charge in [0.05, 0.1) is 11.0 Å². The molecule has 0 spiro atoms. The molecule has 0 unspecified atom stereocenters. The van der Waals surface area contributed by atoms with E-state index in [2.05, 4.69) is 25.3 Å². The van der Waals surface area contributed by atoms with Gasteiger partial charge in [0.2, 0.25) is 0 Å². The van der Waals surface area contributed by atoms with Gasteiger partial charge in [-0.15, -0.1) is 0 Å². The molecule has 1 aromatic carbocycles. The van der Waals surface area contributed by atoms with Gasteiger partial charge in [-0.3, -0.25) is 14.8 Å².